The Balaban J connectivity index is 1.72. The largest absolute Gasteiger partial charge is 0.459 e. The molecule has 7 heteroatoms. The van der Waals surface area contributed by atoms with Crippen LogP contribution in [0.2, 0.25) is 0 Å². The molecule has 2 fully saturated rings. The Morgan fingerprint density at radius 2 is 2.13 bits per heavy atom. The quantitative estimate of drug-likeness (QED) is 0.362. The second-order valence-electron chi connectivity index (χ2n) is 6.02. The van der Waals surface area contributed by atoms with E-state index < -0.39 is 16.8 Å². The molecule has 1 aromatic rings. The second-order valence-corrected chi connectivity index (χ2v) is 7.97. The van der Waals surface area contributed by atoms with Crippen LogP contribution in [0.1, 0.15) is 19.4 Å². The number of esters is 1. The number of carbonyl (C=O) groups is 2. The van der Waals surface area contributed by atoms with Crippen molar-refractivity contribution in [2.24, 2.45) is 4.99 Å². The third-order valence-corrected chi connectivity index (χ3v) is 5.71. The third-order valence-electron chi connectivity index (χ3n) is 4.05. The van der Waals surface area contributed by atoms with Crippen LogP contribution in [-0.2, 0) is 20.9 Å². The monoisotopic (exact) mass is 348 g/mol. The lowest BCUT2D eigenvalue weighted by atomic mass is 9.96. The fourth-order valence-electron chi connectivity index (χ4n) is 2.96. The number of carbonyl (C=O) groups excluding carboxylic acids is 2. The van der Waals surface area contributed by atoms with E-state index in [-0.39, 0.29) is 23.9 Å². The second kappa shape index (κ2) is 6.07. The highest BCUT2D eigenvalue weighted by Gasteiger charge is 2.64. The first-order chi connectivity index (χ1) is 11.0. The van der Waals surface area contributed by atoms with Crippen molar-refractivity contribution in [3.8, 4) is 0 Å². The van der Waals surface area contributed by atoms with Gasteiger partial charge in [-0.15, -0.1) is 11.8 Å². The van der Waals surface area contributed by atoms with Crippen molar-refractivity contribution >= 4 is 41.0 Å². The van der Waals surface area contributed by atoms with Gasteiger partial charge in [-0.3, -0.25) is 4.79 Å². The van der Waals surface area contributed by atoms with Gasteiger partial charge in [0, 0.05) is 4.75 Å². The van der Waals surface area contributed by atoms with E-state index in [0.29, 0.717) is 0 Å². The van der Waals surface area contributed by atoms with Gasteiger partial charge in [-0.2, -0.15) is 0 Å². The van der Waals surface area contributed by atoms with E-state index in [4.69, 9.17) is 4.74 Å². The summed E-state index contributed by atoms with van der Waals surface area (Å²) in [6.45, 7) is 4.08. The number of nitrogens with zero attached hydrogens (tertiary/aromatic N) is 2. The summed E-state index contributed by atoms with van der Waals surface area (Å²) in [6, 6.07) is 8.34. The SMILES string of the molecule is CC1(C)S[C@@H]2[C@H](N=C=S)C(=O)N2[C@H]1C(=O)OCc1ccccc1. The van der Waals surface area contributed by atoms with E-state index in [1.54, 1.807) is 16.7 Å². The number of ether oxygens (including phenoxy) is 1. The van der Waals surface area contributed by atoms with Gasteiger partial charge in [0.15, 0.2) is 6.04 Å². The molecule has 0 aliphatic carbocycles. The highest BCUT2D eigenvalue weighted by molar-refractivity contribution is 8.01. The average molecular weight is 348 g/mol. The molecule has 120 valence electrons. The van der Waals surface area contributed by atoms with Crippen molar-refractivity contribution in [1.29, 1.82) is 0 Å². The summed E-state index contributed by atoms with van der Waals surface area (Å²) in [5.41, 5.74) is 0.916. The van der Waals surface area contributed by atoms with E-state index in [1.165, 1.54) is 0 Å². The predicted molar refractivity (Wildman–Crippen MR) is 91.1 cm³/mol. The molecule has 0 N–H and O–H groups in total. The first-order valence-electron chi connectivity index (χ1n) is 7.23. The maximum absolute atomic E-state index is 12.5. The number of thiocarbonyl (C=S) groups is 1. The van der Waals surface area contributed by atoms with Crippen LogP contribution in [0.15, 0.2) is 35.3 Å². The lowest BCUT2D eigenvalue weighted by molar-refractivity contribution is -0.163. The third kappa shape index (κ3) is 2.80. The van der Waals surface area contributed by atoms with Gasteiger partial charge in [0.25, 0.3) is 5.91 Å². The van der Waals surface area contributed by atoms with Crippen LogP contribution < -0.4 is 0 Å². The van der Waals surface area contributed by atoms with Crippen molar-refractivity contribution in [2.45, 2.75) is 42.7 Å². The zero-order valence-corrected chi connectivity index (χ0v) is 14.4. The maximum Gasteiger partial charge on any atom is 0.330 e. The number of hydrogen-bond donors (Lipinski definition) is 0. The molecule has 0 bridgehead atoms. The Morgan fingerprint density at radius 3 is 2.78 bits per heavy atom. The van der Waals surface area contributed by atoms with Gasteiger partial charge in [-0.25, -0.2) is 9.79 Å². The van der Waals surface area contributed by atoms with Crippen molar-refractivity contribution in [3.05, 3.63) is 35.9 Å². The van der Waals surface area contributed by atoms with Crippen LogP contribution in [0.25, 0.3) is 0 Å². The average Bonchev–Trinajstić information content (AvgIpc) is 2.79. The Kier molecular flexibility index (Phi) is 4.27. The molecule has 1 aromatic carbocycles. The topological polar surface area (TPSA) is 59.0 Å². The molecule has 3 atom stereocenters. The normalized spacial score (nSPS) is 27.7. The summed E-state index contributed by atoms with van der Waals surface area (Å²) in [4.78, 5) is 30.2. The molecular formula is C16H16N2O3S2. The number of rotatable bonds is 4. The van der Waals surface area contributed by atoms with E-state index in [2.05, 4.69) is 22.4 Å². The molecule has 5 nitrogen and oxygen atoms in total. The number of isothiocyanates is 1. The van der Waals surface area contributed by atoms with Crippen LogP contribution in [0, 0.1) is 0 Å². The number of aliphatic imine (C=N–C) groups is 1. The van der Waals surface area contributed by atoms with Crippen LogP contribution in [0.4, 0.5) is 0 Å². The lowest BCUT2D eigenvalue weighted by Crippen LogP contribution is -2.65. The first-order valence-corrected chi connectivity index (χ1v) is 8.52. The zero-order valence-electron chi connectivity index (χ0n) is 12.8. The number of hydrogen-bond acceptors (Lipinski definition) is 6. The van der Waals surface area contributed by atoms with E-state index in [9.17, 15) is 9.59 Å². The maximum atomic E-state index is 12.5. The molecule has 0 aromatic heterocycles. The summed E-state index contributed by atoms with van der Waals surface area (Å²) >= 11 is 6.14. The summed E-state index contributed by atoms with van der Waals surface area (Å²) < 4.78 is 5.00. The Bertz CT molecular complexity index is 686. The van der Waals surface area contributed by atoms with E-state index in [0.717, 1.165) is 5.56 Å². The summed E-state index contributed by atoms with van der Waals surface area (Å²) in [5, 5.41) is 2.10. The number of thioether (sulfide) groups is 1. The Morgan fingerprint density at radius 1 is 1.43 bits per heavy atom. The number of benzene rings is 1. The molecule has 23 heavy (non-hydrogen) atoms. The Hall–Kier alpha value is -1.69. The summed E-state index contributed by atoms with van der Waals surface area (Å²) in [5.74, 6) is -0.570. The van der Waals surface area contributed by atoms with Crippen molar-refractivity contribution in [2.75, 3.05) is 0 Å². The standard InChI is InChI=1S/C16H16N2O3S2/c1-16(2)12(15(20)21-8-10-6-4-3-5-7-10)18-13(19)11(17-9-22)14(18)23-16/h3-7,11-12,14H,8H2,1-2H3/t11-,12+,14-/m1/s1. The van der Waals surface area contributed by atoms with Gasteiger partial charge < -0.3 is 9.64 Å². The van der Waals surface area contributed by atoms with Crippen molar-refractivity contribution < 1.29 is 14.3 Å². The summed E-state index contributed by atoms with van der Waals surface area (Å²) in [6.07, 6.45) is 0. The van der Waals surface area contributed by atoms with E-state index in [1.807, 2.05) is 44.2 Å². The lowest BCUT2D eigenvalue weighted by Gasteiger charge is -2.41. The van der Waals surface area contributed by atoms with Gasteiger partial charge in [-0.05, 0) is 31.6 Å². The summed E-state index contributed by atoms with van der Waals surface area (Å²) in [7, 11) is 0. The molecule has 0 saturated carbocycles. The molecule has 2 aliphatic heterocycles. The molecule has 1 amide bonds. The molecule has 2 saturated heterocycles. The van der Waals surface area contributed by atoms with Crippen LogP contribution in [0.3, 0.4) is 0 Å². The molecule has 2 aliphatic rings. The van der Waals surface area contributed by atoms with E-state index >= 15 is 0 Å². The first kappa shape index (κ1) is 16.2. The molecule has 0 unspecified atom stereocenters. The van der Waals surface area contributed by atoms with Gasteiger partial charge in [0.1, 0.15) is 18.0 Å². The predicted octanol–water partition coefficient (Wildman–Crippen LogP) is 2.26. The molecule has 0 spiro atoms. The van der Waals surface area contributed by atoms with Crippen molar-refractivity contribution in [1.82, 2.24) is 4.90 Å². The van der Waals surface area contributed by atoms with Gasteiger partial charge in [0.05, 0.1) is 5.16 Å². The molecule has 0 radical (unpaired) electrons. The fourth-order valence-corrected chi connectivity index (χ4v) is 4.68. The van der Waals surface area contributed by atoms with Crippen LogP contribution in [-0.4, -0.2) is 44.1 Å². The zero-order chi connectivity index (χ0) is 16.6. The highest BCUT2D eigenvalue weighted by Crippen LogP contribution is 2.51. The number of fused-ring (bicyclic) bond motifs is 1. The smallest absolute Gasteiger partial charge is 0.330 e. The molecule has 2 heterocycles. The van der Waals surface area contributed by atoms with Gasteiger partial charge >= 0.3 is 5.97 Å². The Labute approximate surface area is 144 Å². The van der Waals surface area contributed by atoms with Gasteiger partial charge in [-0.1, -0.05) is 30.3 Å². The van der Waals surface area contributed by atoms with Crippen LogP contribution >= 0.6 is 24.0 Å². The number of amides is 1. The molecule has 3 rings (SSSR count). The number of β-lactam (4-membered cyclic amide) rings is 1. The molecular weight excluding hydrogens is 332 g/mol. The fraction of sp³-hybridized carbons (Fsp3) is 0.438. The minimum absolute atomic E-state index is 0.165. The van der Waals surface area contributed by atoms with Crippen molar-refractivity contribution in [3.63, 3.8) is 0 Å². The minimum atomic E-state index is -0.606. The highest BCUT2D eigenvalue weighted by atomic mass is 32.2. The van der Waals surface area contributed by atoms with Crippen LogP contribution in [0.5, 0.6) is 0 Å². The van der Waals surface area contributed by atoms with Gasteiger partial charge in [0.2, 0.25) is 0 Å². The minimum Gasteiger partial charge on any atom is -0.459 e.